The SMILES string of the molecule is COc1ccc([N+](=O)[O-])cc1N(CCCC(=O)Nc1nnc(SCc2ccccc2)s1)S(C)(=O)=O. The molecule has 0 bridgehead atoms. The molecule has 1 amide bonds. The number of hydrogen-bond donors (Lipinski definition) is 1. The Labute approximate surface area is 210 Å². The topological polar surface area (TPSA) is 145 Å². The summed E-state index contributed by atoms with van der Waals surface area (Å²) in [5.41, 5.74) is 0.910. The quantitative estimate of drug-likeness (QED) is 0.157. The lowest BCUT2D eigenvalue weighted by Gasteiger charge is -2.24. The van der Waals surface area contributed by atoms with Crippen molar-refractivity contribution in [2.24, 2.45) is 0 Å². The molecular formula is C21H23N5O6S3. The molecule has 186 valence electrons. The number of hydrogen-bond acceptors (Lipinski definition) is 10. The number of methoxy groups -OCH3 is 1. The minimum atomic E-state index is -3.80. The number of benzene rings is 2. The maximum atomic E-state index is 12.4. The Hall–Kier alpha value is -3.23. The molecule has 0 unspecified atom stereocenters. The normalized spacial score (nSPS) is 11.1. The largest absolute Gasteiger partial charge is 0.495 e. The number of amides is 1. The van der Waals surface area contributed by atoms with Crippen LogP contribution in [0.1, 0.15) is 18.4 Å². The van der Waals surface area contributed by atoms with E-state index >= 15 is 0 Å². The molecule has 0 radical (unpaired) electrons. The smallest absolute Gasteiger partial charge is 0.271 e. The molecule has 0 fully saturated rings. The number of nitrogens with one attached hydrogen (secondary N) is 1. The summed E-state index contributed by atoms with van der Waals surface area (Å²) in [7, 11) is -2.46. The Balaban J connectivity index is 1.58. The number of nitro benzene ring substituents is 1. The third-order valence-corrected chi connectivity index (χ3v) is 7.89. The number of non-ortho nitro benzene ring substituents is 1. The van der Waals surface area contributed by atoms with Gasteiger partial charge in [-0.3, -0.25) is 19.2 Å². The number of sulfonamides is 1. The summed E-state index contributed by atoms with van der Waals surface area (Å²) in [6, 6.07) is 13.6. The first kappa shape index (κ1) is 26.4. The van der Waals surface area contributed by atoms with Crippen LogP contribution in [0.25, 0.3) is 0 Å². The van der Waals surface area contributed by atoms with Crippen molar-refractivity contribution >= 4 is 55.5 Å². The van der Waals surface area contributed by atoms with E-state index in [0.717, 1.165) is 27.9 Å². The minimum absolute atomic E-state index is 0.00926. The predicted molar refractivity (Wildman–Crippen MR) is 136 cm³/mol. The molecule has 3 aromatic rings. The van der Waals surface area contributed by atoms with E-state index in [1.165, 1.54) is 42.3 Å². The van der Waals surface area contributed by atoms with E-state index in [4.69, 9.17) is 4.74 Å². The first-order chi connectivity index (χ1) is 16.7. The molecule has 1 heterocycles. The van der Waals surface area contributed by atoms with Crippen LogP contribution in [-0.4, -0.2) is 49.4 Å². The van der Waals surface area contributed by atoms with E-state index in [9.17, 15) is 23.3 Å². The number of rotatable bonds is 12. The fourth-order valence-corrected chi connectivity index (χ4v) is 5.74. The summed E-state index contributed by atoms with van der Waals surface area (Å²) >= 11 is 2.76. The van der Waals surface area contributed by atoms with Crippen molar-refractivity contribution in [1.82, 2.24) is 10.2 Å². The number of aromatic nitrogens is 2. The molecule has 1 N–H and O–H groups in total. The zero-order chi connectivity index (χ0) is 25.4. The number of carbonyl (C=O) groups excluding carboxylic acids is 1. The van der Waals surface area contributed by atoms with Crippen molar-refractivity contribution < 1.29 is 22.9 Å². The monoisotopic (exact) mass is 537 g/mol. The summed E-state index contributed by atoms with van der Waals surface area (Å²) in [5, 5.41) is 22.2. The summed E-state index contributed by atoms with van der Waals surface area (Å²) < 4.78 is 31.7. The Morgan fingerprint density at radius 2 is 1.97 bits per heavy atom. The van der Waals surface area contributed by atoms with Crippen LogP contribution in [-0.2, 0) is 20.6 Å². The standard InChI is InChI=1S/C21H23N5O6S3/c1-32-18-11-10-16(26(28)29)13-17(18)25(35(2,30)31)12-6-9-19(27)22-20-23-24-21(34-20)33-14-15-7-4-3-5-8-15/h3-5,7-8,10-11,13H,6,9,12,14H2,1-2H3,(H,22,23,27). The number of anilines is 2. The van der Waals surface area contributed by atoms with Crippen molar-refractivity contribution in [2.75, 3.05) is 29.5 Å². The van der Waals surface area contributed by atoms with Gasteiger partial charge in [-0.05, 0) is 18.1 Å². The van der Waals surface area contributed by atoms with Gasteiger partial charge in [0.25, 0.3) is 5.69 Å². The van der Waals surface area contributed by atoms with Crippen LogP contribution >= 0.6 is 23.1 Å². The molecule has 0 aliphatic rings. The number of nitrogens with zero attached hydrogens (tertiary/aromatic N) is 4. The highest BCUT2D eigenvalue weighted by Crippen LogP contribution is 2.34. The lowest BCUT2D eigenvalue weighted by Crippen LogP contribution is -2.32. The molecule has 3 rings (SSSR count). The van der Waals surface area contributed by atoms with Gasteiger partial charge in [0, 0.05) is 30.9 Å². The molecule has 35 heavy (non-hydrogen) atoms. The van der Waals surface area contributed by atoms with Crippen LogP contribution in [0.5, 0.6) is 5.75 Å². The van der Waals surface area contributed by atoms with E-state index in [1.807, 2.05) is 30.3 Å². The van der Waals surface area contributed by atoms with Gasteiger partial charge in [0.15, 0.2) is 4.34 Å². The van der Waals surface area contributed by atoms with Gasteiger partial charge in [-0.1, -0.05) is 53.4 Å². The molecular weight excluding hydrogens is 514 g/mol. The van der Waals surface area contributed by atoms with Gasteiger partial charge in [-0.2, -0.15) is 0 Å². The number of ether oxygens (including phenoxy) is 1. The van der Waals surface area contributed by atoms with E-state index < -0.39 is 14.9 Å². The van der Waals surface area contributed by atoms with Crippen molar-refractivity contribution in [2.45, 2.75) is 22.9 Å². The summed E-state index contributed by atoms with van der Waals surface area (Å²) in [4.78, 5) is 22.9. The Bertz CT molecular complexity index is 1280. The van der Waals surface area contributed by atoms with Gasteiger partial charge in [0.2, 0.25) is 21.1 Å². The number of nitro groups is 1. The van der Waals surface area contributed by atoms with Crippen molar-refractivity contribution in [3.05, 3.63) is 64.2 Å². The molecule has 0 atom stereocenters. The van der Waals surface area contributed by atoms with E-state index in [1.54, 1.807) is 0 Å². The van der Waals surface area contributed by atoms with Crippen molar-refractivity contribution in [3.63, 3.8) is 0 Å². The van der Waals surface area contributed by atoms with Gasteiger partial charge < -0.3 is 10.1 Å². The zero-order valence-electron chi connectivity index (χ0n) is 18.9. The molecule has 0 spiro atoms. The molecule has 2 aromatic carbocycles. The second-order valence-corrected chi connectivity index (χ2v) is 11.4. The second kappa shape index (κ2) is 12.0. The van der Waals surface area contributed by atoms with E-state index in [-0.39, 0.29) is 42.4 Å². The Morgan fingerprint density at radius 3 is 2.63 bits per heavy atom. The van der Waals surface area contributed by atoms with Crippen LogP contribution in [0.15, 0.2) is 52.9 Å². The van der Waals surface area contributed by atoms with Crippen LogP contribution in [0.4, 0.5) is 16.5 Å². The molecule has 0 saturated carbocycles. The lowest BCUT2D eigenvalue weighted by molar-refractivity contribution is -0.384. The average molecular weight is 538 g/mol. The summed E-state index contributed by atoms with van der Waals surface area (Å²) in [5.74, 6) is 0.548. The van der Waals surface area contributed by atoms with Crippen LogP contribution < -0.4 is 14.4 Å². The Kier molecular flexibility index (Phi) is 9.01. The van der Waals surface area contributed by atoms with E-state index in [0.29, 0.717) is 9.47 Å². The highest BCUT2D eigenvalue weighted by molar-refractivity contribution is 8.00. The first-order valence-electron chi connectivity index (χ1n) is 10.3. The van der Waals surface area contributed by atoms with Crippen LogP contribution in [0.2, 0.25) is 0 Å². The molecule has 14 heteroatoms. The molecule has 1 aromatic heterocycles. The summed E-state index contributed by atoms with van der Waals surface area (Å²) in [6.45, 7) is -0.0714. The Morgan fingerprint density at radius 1 is 1.23 bits per heavy atom. The zero-order valence-corrected chi connectivity index (χ0v) is 21.4. The predicted octanol–water partition coefficient (Wildman–Crippen LogP) is 3.93. The lowest BCUT2D eigenvalue weighted by atomic mass is 10.2. The number of carbonyl (C=O) groups is 1. The third-order valence-electron chi connectivity index (χ3n) is 4.67. The van der Waals surface area contributed by atoms with Crippen LogP contribution in [0.3, 0.4) is 0 Å². The molecule has 0 saturated heterocycles. The maximum absolute atomic E-state index is 12.4. The van der Waals surface area contributed by atoms with Crippen LogP contribution in [0, 0.1) is 10.1 Å². The fraction of sp³-hybridized carbons (Fsp3) is 0.286. The van der Waals surface area contributed by atoms with Crippen molar-refractivity contribution in [1.29, 1.82) is 0 Å². The molecule has 0 aliphatic carbocycles. The first-order valence-corrected chi connectivity index (χ1v) is 13.9. The highest BCUT2D eigenvalue weighted by Gasteiger charge is 2.24. The van der Waals surface area contributed by atoms with Gasteiger partial charge in [0.1, 0.15) is 11.4 Å². The van der Waals surface area contributed by atoms with Gasteiger partial charge >= 0.3 is 0 Å². The molecule has 11 nitrogen and oxygen atoms in total. The third kappa shape index (κ3) is 7.63. The van der Waals surface area contributed by atoms with Gasteiger partial charge in [-0.25, -0.2) is 8.42 Å². The van der Waals surface area contributed by atoms with Crippen molar-refractivity contribution in [3.8, 4) is 5.75 Å². The average Bonchev–Trinajstić information content (AvgIpc) is 3.27. The fourth-order valence-electron chi connectivity index (χ4n) is 3.05. The second-order valence-electron chi connectivity index (χ2n) is 7.25. The number of thioether (sulfide) groups is 1. The minimum Gasteiger partial charge on any atom is -0.495 e. The highest BCUT2D eigenvalue weighted by atomic mass is 32.2. The molecule has 0 aliphatic heterocycles. The maximum Gasteiger partial charge on any atom is 0.271 e. The van der Waals surface area contributed by atoms with E-state index in [2.05, 4.69) is 15.5 Å². The van der Waals surface area contributed by atoms with Gasteiger partial charge in [-0.15, -0.1) is 10.2 Å². The summed E-state index contributed by atoms with van der Waals surface area (Å²) in [6.07, 6.45) is 1.16. The van der Waals surface area contributed by atoms with Gasteiger partial charge in [0.05, 0.1) is 18.3 Å².